The van der Waals surface area contributed by atoms with E-state index in [-0.39, 0.29) is 17.9 Å². The van der Waals surface area contributed by atoms with Crippen molar-refractivity contribution in [3.05, 3.63) is 109 Å². The Labute approximate surface area is 425 Å². The first-order chi connectivity index (χ1) is 35.1. The van der Waals surface area contributed by atoms with Crippen LogP contribution in [0, 0.1) is 5.92 Å². The van der Waals surface area contributed by atoms with Crippen LogP contribution in [0.4, 0.5) is 5.69 Å². The Morgan fingerprint density at radius 1 is 0.568 bits per heavy atom. The SMILES string of the molecule is C[C@@H](O)[C@@H]1NC(=O)[C@H]([C@H](O)[C@@H](O)c2ccc(O)cc2)NC(=O)[C@@H]2C[C@@H](O)CN2C(=O)[C@H]([C@@H](C)O)NC(=O)[C@@H](Nc2ccc(-c3ccc(-c4ccccc4)cc3)cc2)C[C@@H](O)[C@@H](O)NC(=O)[C@@H]2[C@@H](O)[C@@H](C)CN2C1=O. The van der Waals surface area contributed by atoms with Crippen LogP contribution in [0.3, 0.4) is 0 Å². The van der Waals surface area contributed by atoms with Crippen LogP contribution in [0.25, 0.3) is 22.3 Å². The minimum absolute atomic E-state index is 0.0533. The fourth-order valence-electron chi connectivity index (χ4n) is 9.47. The second-order valence-electron chi connectivity index (χ2n) is 19.2. The molecule has 4 aromatic carbocycles. The highest BCUT2D eigenvalue weighted by molar-refractivity contribution is 5.98. The molecule has 22 heteroatoms. The van der Waals surface area contributed by atoms with Gasteiger partial charge in [0.15, 0.2) is 6.23 Å². The van der Waals surface area contributed by atoms with Crippen LogP contribution in [-0.4, -0.2) is 183 Å². The van der Waals surface area contributed by atoms with Gasteiger partial charge in [-0.15, -0.1) is 0 Å². The van der Waals surface area contributed by atoms with Crippen molar-refractivity contribution in [2.24, 2.45) is 5.92 Å². The molecule has 15 atom stereocenters. The minimum atomic E-state index is -2.26. The number of phenols is 1. The number of aliphatic hydroxyl groups is 8. The number of amides is 6. The van der Waals surface area contributed by atoms with E-state index in [4.69, 9.17) is 0 Å². The Morgan fingerprint density at radius 2 is 1.08 bits per heavy atom. The van der Waals surface area contributed by atoms with E-state index in [9.17, 15) is 74.7 Å². The number of anilines is 1. The number of nitrogens with one attached hydrogen (secondary N) is 5. The van der Waals surface area contributed by atoms with E-state index in [0.717, 1.165) is 45.9 Å². The second-order valence-corrected chi connectivity index (χ2v) is 19.2. The van der Waals surface area contributed by atoms with Gasteiger partial charge in [0.05, 0.1) is 24.4 Å². The average molecular weight is 1030 g/mol. The Morgan fingerprint density at radius 3 is 1.65 bits per heavy atom. The molecule has 22 nitrogen and oxygen atoms in total. The van der Waals surface area contributed by atoms with Gasteiger partial charge < -0.3 is 82.3 Å². The fourth-order valence-corrected chi connectivity index (χ4v) is 9.47. The molecule has 0 radical (unpaired) electrons. The third kappa shape index (κ3) is 12.3. The van der Waals surface area contributed by atoms with Crippen LogP contribution in [0.15, 0.2) is 103 Å². The molecule has 3 saturated heterocycles. The standard InChI is InChI=1S/C52H63N7O15/c1-25-23-59-42(43(25)65)50(72)57-48(70)38(64)22-36(53-33-17-13-31(14-18-33)30-11-9-29(10-12-30)28-7-5-4-6-8-28)46(68)54-39(26(2)60)51(73)58-24-35(63)21-37(58)47(69)56-41(49(71)55-40(27(3)61)52(59)74)45(67)44(66)32-15-19-34(62)20-16-32/h4-20,25-27,35-45,48,53,60-67,70H,21-24H2,1-3H3,(H,54,68)(H,55,71)(H,56,69)(H,57,72)/t25-,26+,27+,35+,36-,37-,38+,39-,40-,41-,42-,43-,44-,45-,48+/m0/s1. The van der Waals surface area contributed by atoms with Crippen LogP contribution in [0.1, 0.15) is 45.3 Å². The molecule has 14 N–H and O–H groups in total. The summed E-state index contributed by atoms with van der Waals surface area (Å²) in [6, 6.07) is 18.1. The molecule has 74 heavy (non-hydrogen) atoms. The summed E-state index contributed by atoms with van der Waals surface area (Å²) in [5.41, 5.74) is 3.95. The molecule has 0 bridgehead atoms. The number of aromatic hydroxyl groups is 1. The maximum Gasteiger partial charge on any atom is 0.248 e. The van der Waals surface area contributed by atoms with Crippen molar-refractivity contribution in [3.8, 4) is 28.0 Å². The van der Waals surface area contributed by atoms with Gasteiger partial charge in [0, 0.05) is 37.5 Å². The first-order valence-electron chi connectivity index (χ1n) is 24.2. The van der Waals surface area contributed by atoms with Crippen LogP contribution in [-0.2, 0) is 28.8 Å². The van der Waals surface area contributed by atoms with Gasteiger partial charge in [-0.05, 0) is 65.9 Å². The first kappa shape index (κ1) is 54.7. The number of fused-ring (bicyclic) bond motifs is 2. The van der Waals surface area contributed by atoms with Crippen LogP contribution >= 0.6 is 0 Å². The molecule has 0 saturated carbocycles. The van der Waals surface area contributed by atoms with Crippen molar-refractivity contribution in [1.29, 1.82) is 0 Å². The van der Waals surface area contributed by atoms with Crippen LogP contribution in [0.2, 0.25) is 0 Å². The lowest BCUT2D eigenvalue weighted by molar-refractivity contribution is -0.148. The predicted molar refractivity (Wildman–Crippen MR) is 265 cm³/mol. The summed E-state index contributed by atoms with van der Waals surface area (Å²) in [5.74, 6) is -8.05. The monoisotopic (exact) mass is 1030 g/mol. The van der Waals surface area contributed by atoms with Gasteiger partial charge in [0.2, 0.25) is 35.4 Å². The van der Waals surface area contributed by atoms with E-state index in [1.54, 1.807) is 24.3 Å². The topological polar surface area (TPSA) is 351 Å². The molecule has 3 heterocycles. The molecular weight excluding hydrogens is 963 g/mol. The van der Waals surface area contributed by atoms with Gasteiger partial charge in [-0.25, -0.2) is 0 Å². The molecule has 0 aliphatic carbocycles. The lowest BCUT2D eigenvalue weighted by Gasteiger charge is -2.34. The number of hydrogen-bond acceptors (Lipinski definition) is 16. The summed E-state index contributed by atoms with van der Waals surface area (Å²) < 4.78 is 0. The van der Waals surface area contributed by atoms with Gasteiger partial charge in [0.1, 0.15) is 60.3 Å². The fraction of sp³-hybridized carbons (Fsp3) is 0.423. The van der Waals surface area contributed by atoms with Gasteiger partial charge in [-0.2, -0.15) is 0 Å². The summed E-state index contributed by atoms with van der Waals surface area (Å²) in [5, 5.41) is 112. The van der Waals surface area contributed by atoms with Crippen molar-refractivity contribution in [1.82, 2.24) is 31.1 Å². The van der Waals surface area contributed by atoms with E-state index in [0.29, 0.717) is 5.69 Å². The lowest BCUT2D eigenvalue weighted by Crippen LogP contribution is -2.64. The molecule has 3 aliphatic heterocycles. The normalized spacial score (nSPS) is 29.3. The number of aliphatic hydroxyl groups excluding tert-OH is 8. The molecule has 6 amide bonds. The van der Waals surface area contributed by atoms with Gasteiger partial charge in [0.25, 0.3) is 0 Å². The Kier molecular flexibility index (Phi) is 17.4. The zero-order valence-electron chi connectivity index (χ0n) is 40.7. The summed E-state index contributed by atoms with van der Waals surface area (Å²) >= 11 is 0. The van der Waals surface area contributed by atoms with E-state index < -0.39 is 146 Å². The summed E-state index contributed by atoms with van der Waals surface area (Å²) in [6.45, 7) is 2.90. The minimum Gasteiger partial charge on any atom is -0.508 e. The largest absolute Gasteiger partial charge is 0.508 e. The molecule has 7 rings (SSSR count). The number of phenolic OH excluding ortho intramolecular Hbond substituents is 1. The highest BCUT2D eigenvalue weighted by Crippen LogP contribution is 2.29. The van der Waals surface area contributed by atoms with E-state index in [1.807, 2.05) is 54.6 Å². The van der Waals surface area contributed by atoms with E-state index in [2.05, 4.69) is 26.6 Å². The predicted octanol–water partition coefficient (Wildman–Crippen LogP) is -1.81. The highest BCUT2D eigenvalue weighted by Gasteiger charge is 2.50. The van der Waals surface area contributed by atoms with Crippen LogP contribution in [0.5, 0.6) is 5.75 Å². The zero-order chi connectivity index (χ0) is 53.7. The summed E-state index contributed by atoms with van der Waals surface area (Å²) in [6.07, 6.45) is -16.0. The number of rotatable bonds is 9. The molecule has 0 unspecified atom stereocenters. The van der Waals surface area contributed by atoms with Crippen molar-refractivity contribution in [3.63, 3.8) is 0 Å². The van der Waals surface area contributed by atoms with E-state index in [1.165, 1.54) is 31.2 Å². The molecule has 3 aliphatic rings. The Balaban J connectivity index is 1.23. The third-order valence-electron chi connectivity index (χ3n) is 13.7. The van der Waals surface area contributed by atoms with Crippen molar-refractivity contribution in [2.45, 2.75) is 119 Å². The lowest BCUT2D eigenvalue weighted by atomic mass is 9.96. The number of carbonyl (C=O) groups excluding carboxylic acids is 6. The number of hydrogen-bond donors (Lipinski definition) is 14. The Bertz CT molecular complexity index is 2630. The number of carbonyl (C=O) groups is 6. The molecule has 4 aromatic rings. The maximum atomic E-state index is 14.4. The highest BCUT2D eigenvalue weighted by atomic mass is 16.3. The van der Waals surface area contributed by atoms with Gasteiger partial charge in [-0.1, -0.05) is 85.8 Å². The average Bonchev–Trinajstić information content (AvgIpc) is 3.93. The smallest absolute Gasteiger partial charge is 0.248 e. The molecule has 396 valence electrons. The van der Waals surface area contributed by atoms with Crippen molar-refractivity contribution >= 4 is 41.1 Å². The summed E-state index contributed by atoms with van der Waals surface area (Å²) in [7, 11) is 0. The molecular formula is C52H63N7O15. The number of benzene rings is 4. The number of nitrogens with zero attached hydrogens (tertiary/aromatic N) is 2. The zero-order valence-corrected chi connectivity index (χ0v) is 40.7. The molecule has 0 spiro atoms. The van der Waals surface area contributed by atoms with Crippen molar-refractivity contribution in [2.75, 3.05) is 18.4 Å². The first-order valence-corrected chi connectivity index (χ1v) is 24.2. The van der Waals surface area contributed by atoms with Crippen LogP contribution < -0.4 is 26.6 Å². The summed E-state index contributed by atoms with van der Waals surface area (Å²) in [4.78, 5) is 87.5. The quantitative estimate of drug-likeness (QED) is 0.0878. The molecule has 3 fully saturated rings. The van der Waals surface area contributed by atoms with E-state index >= 15 is 0 Å². The molecule has 0 aromatic heterocycles. The van der Waals surface area contributed by atoms with Crippen molar-refractivity contribution < 1.29 is 74.7 Å². The maximum absolute atomic E-state index is 14.4. The third-order valence-corrected chi connectivity index (χ3v) is 13.7. The van der Waals surface area contributed by atoms with Gasteiger partial charge in [-0.3, -0.25) is 28.8 Å². The van der Waals surface area contributed by atoms with Gasteiger partial charge >= 0.3 is 0 Å². The Hall–Kier alpha value is -7.02. The second kappa shape index (κ2) is 23.5.